The summed E-state index contributed by atoms with van der Waals surface area (Å²) in [5, 5.41) is 11.9. The molecule has 0 saturated heterocycles. The summed E-state index contributed by atoms with van der Waals surface area (Å²) in [6.07, 6.45) is 5.55. The van der Waals surface area contributed by atoms with Gasteiger partial charge < -0.3 is 15.3 Å². The molecule has 6 heteroatoms. The van der Waals surface area contributed by atoms with Gasteiger partial charge in [0.1, 0.15) is 0 Å². The maximum atomic E-state index is 12.5. The molecule has 2 N–H and O–H groups in total. The molecule has 0 unspecified atom stereocenters. The van der Waals surface area contributed by atoms with Crippen LogP contribution < -0.4 is 5.32 Å². The number of carboxylic acids is 1. The summed E-state index contributed by atoms with van der Waals surface area (Å²) < 4.78 is 0. The lowest BCUT2D eigenvalue weighted by Gasteiger charge is -2.25. The predicted molar refractivity (Wildman–Crippen MR) is 104 cm³/mol. The van der Waals surface area contributed by atoms with Gasteiger partial charge in [-0.1, -0.05) is 12.2 Å². The highest BCUT2D eigenvalue weighted by atomic mass is 16.4. The Morgan fingerprint density at radius 3 is 2.00 bits per heavy atom. The summed E-state index contributed by atoms with van der Waals surface area (Å²) in [5.74, 6) is -1.51. The van der Waals surface area contributed by atoms with Gasteiger partial charge in [-0.05, 0) is 49.9 Å². The maximum absolute atomic E-state index is 12.5. The molecule has 1 aromatic rings. The molecule has 144 valence electrons. The summed E-state index contributed by atoms with van der Waals surface area (Å²) in [4.78, 5) is 37.5. The zero-order valence-electron chi connectivity index (χ0n) is 15.4. The topological polar surface area (TPSA) is 86.7 Å². The molecular formula is C21H26N2O4. The van der Waals surface area contributed by atoms with Crippen LogP contribution in [0.3, 0.4) is 0 Å². The number of carbonyl (C=O) groups is 3. The minimum absolute atomic E-state index is 0.0992. The van der Waals surface area contributed by atoms with Crippen molar-refractivity contribution in [1.29, 1.82) is 0 Å². The van der Waals surface area contributed by atoms with E-state index in [0.29, 0.717) is 50.0 Å². The molecule has 1 aliphatic carbocycles. The Kier molecular flexibility index (Phi) is 7.34. The average molecular weight is 370 g/mol. The Bertz CT molecular complexity index is 693. The Hall–Kier alpha value is -2.89. The third-order valence-corrected chi connectivity index (χ3v) is 4.83. The maximum Gasteiger partial charge on any atom is 0.306 e. The molecule has 0 atom stereocenters. The SMILES string of the molecule is C=CCN(CC=C)C(=O)c1ccc(NC(=O)C2CCC(C(=O)O)CC2)cc1. The molecule has 2 rings (SSSR count). The fourth-order valence-corrected chi connectivity index (χ4v) is 3.28. The minimum atomic E-state index is -0.781. The lowest BCUT2D eigenvalue weighted by atomic mass is 9.81. The Labute approximate surface area is 159 Å². The van der Waals surface area contributed by atoms with Crippen molar-refractivity contribution in [2.75, 3.05) is 18.4 Å². The van der Waals surface area contributed by atoms with Gasteiger partial charge in [0, 0.05) is 30.3 Å². The van der Waals surface area contributed by atoms with Crippen LogP contribution in [0.5, 0.6) is 0 Å². The molecule has 6 nitrogen and oxygen atoms in total. The van der Waals surface area contributed by atoms with Crippen LogP contribution >= 0.6 is 0 Å². The molecule has 0 heterocycles. The molecule has 2 amide bonds. The first-order chi connectivity index (χ1) is 13.0. The molecule has 0 aliphatic heterocycles. The fourth-order valence-electron chi connectivity index (χ4n) is 3.28. The summed E-state index contributed by atoms with van der Waals surface area (Å²) in [5.41, 5.74) is 1.15. The van der Waals surface area contributed by atoms with E-state index >= 15 is 0 Å². The van der Waals surface area contributed by atoms with Gasteiger partial charge >= 0.3 is 5.97 Å². The van der Waals surface area contributed by atoms with Crippen LogP contribution in [0.15, 0.2) is 49.6 Å². The fraction of sp³-hybridized carbons (Fsp3) is 0.381. The zero-order chi connectivity index (χ0) is 19.8. The van der Waals surface area contributed by atoms with Crippen molar-refractivity contribution in [3.05, 3.63) is 55.1 Å². The highest BCUT2D eigenvalue weighted by molar-refractivity contribution is 5.96. The van der Waals surface area contributed by atoms with E-state index in [9.17, 15) is 14.4 Å². The second-order valence-electron chi connectivity index (χ2n) is 6.74. The van der Waals surface area contributed by atoms with E-state index in [4.69, 9.17) is 5.11 Å². The van der Waals surface area contributed by atoms with E-state index in [2.05, 4.69) is 18.5 Å². The lowest BCUT2D eigenvalue weighted by molar-refractivity contribution is -0.143. The quantitative estimate of drug-likeness (QED) is 0.687. The lowest BCUT2D eigenvalue weighted by Crippen LogP contribution is -2.31. The van der Waals surface area contributed by atoms with Gasteiger partial charge in [-0.15, -0.1) is 13.2 Å². The van der Waals surface area contributed by atoms with Crippen LogP contribution in [0.4, 0.5) is 5.69 Å². The largest absolute Gasteiger partial charge is 0.481 e. The number of hydrogen-bond donors (Lipinski definition) is 2. The van der Waals surface area contributed by atoms with Gasteiger partial charge in [0.15, 0.2) is 0 Å². The van der Waals surface area contributed by atoms with Crippen LogP contribution in [0.2, 0.25) is 0 Å². The van der Waals surface area contributed by atoms with E-state index < -0.39 is 5.97 Å². The molecule has 27 heavy (non-hydrogen) atoms. The van der Waals surface area contributed by atoms with Crippen molar-refractivity contribution in [2.24, 2.45) is 11.8 Å². The number of hydrogen-bond acceptors (Lipinski definition) is 3. The van der Waals surface area contributed by atoms with Gasteiger partial charge in [0.25, 0.3) is 5.91 Å². The number of anilines is 1. The first-order valence-corrected chi connectivity index (χ1v) is 9.11. The first kappa shape index (κ1) is 20.4. The number of nitrogens with one attached hydrogen (secondary N) is 1. The van der Waals surface area contributed by atoms with Crippen LogP contribution in [0, 0.1) is 11.8 Å². The van der Waals surface area contributed by atoms with Gasteiger partial charge in [0.2, 0.25) is 5.91 Å². The monoisotopic (exact) mass is 370 g/mol. The van der Waals surface area contributed by atoms with Crippen molar-refractivity contribution in [2.45, 2.75) is 25.7 Å². The van der Waals surface area contributed by atoms with Crippen LogP contribution in [0.1, 0.15) is 36.0 Å². The smallest absolute Gasteiger partial charge is 0.306 e. The third kappa shape index (κ3) is 5.54. The van der Waals surface area contributed by atoms with Gasteiger partial charge in [-0.2, -0.15) is 0 Å². The third-order valence-electron chi connectivity index (χ3n) is 4.83. The van der Waals surface area contributed by atoms with Crippen molar-refractivity contribution in [3.63, 3.8) is 0 Å². The number of nitrogens with zero attached hydrogens (tertiary/aromatic N) is 1. The predicted octanol–water partition coefficient (Wildman–Crippen LogP) is 3.33. The van der Waals surface area contributed by atoms with E-state index in [-0.39, 0.29) is 23.7 Å². The van der Waals surface area contributed by atoms with Crippen LogP contribution in [-0.4, -0.2) is 40.9 Å². The highest BCUT2D eigenvalue weighted by Crippen LogP contribution is 2.29. The van der Waals surface area contributed by atoms with Crippen molar-refractivity contribution >= 4 is 23.5 Å². The molecule has 0 bridgehead atoms. The number of amides is 2. The van der Waals surface area contributed by atoms with Crippen molar-refractivity contribution in [3.8, 4) is 0 Å². The van der Waals surface area contributed by atoms with E-state index in [0.717, 1.165) is 0 Å². The highest BCUT2D eigenvalue weighted by Gasteiger charge is 2.29. The van der Waals surface area contributed by atoms with Crippen molar-refractivity contribution in [1.82, 2.24) is 4.90 Å². The molecule has 1 saturated carbocycles. The van der Waals surface area contributed by atoms with Crippen LogP contribution in [0.25, 0.3) is 0 Å². The number of aliphatic carboxylic acids is 1. The van der Waals surface area contributed by atoms with Gasteiger partial charge in [-0.3, -0.25) is 14.4 Å². The van der Waals surface area contributed by atoms with E-state index in [1.54, 1.807) is 41.3 Å². The molecule has 1 aliphatic rings. The molecule has 1 fully saturated rings. The number of carbonyl (C=O) groups excluding carboxylic acids is 2. The second-order valence-corrected chi connectivity index (χ2v) is 6.74. The summed E-state index contributed by atoms with van der Waals surface area (Å²) >= 11 is 0. The van der Waals surface area contributed by atoms with Gasteiger partial charge in [-0.25, -0.2) is 0 Å². The first-order valence-electron chi connectivity index (χ1n) is 9.11. The summed E-state index contributed by atoms with van der Waals surface area (Å²) in [6.45, 7) is 8.18. The second kappa shape index (κ2) is 9.71. The Morgan fingerprint density at radius 1 is 1.00 bits per heavy atom. The van der Waals surface area contributed by atoms with E-state index in [1.807, 2.05) is 0 Å². The summed E-state index contributed by atoms with van der Waals surface area (Å²) in [7, 11) is 0. The minimum Gasteiger partial charge on any atom is -0.481 e. The van der Waals surface area contributed by atoms with Crippen molar-refractivity contribution < 1.29 is 19.5 Å². The zero-order valence-corrected chi connectivity index (χ0v) is 15.4. The number of carboxylic acid groups (broad SMARTS) is 1. The average Bonchev–Trinajstić information content (AvgIpc) is 2.68. The Balaban J connectivity index is 1.94. The molecule has 1 aromatic carbocycles. The Morgan fingerprint density at radius 2 is 1.52 bits per heavy atom. The molecular weight excluding hydrogens is 344 g/mol. The van der Waals surface area contributed by atoms with Crippen LogP contribution in [-0.2, 0) is 9.59 Å². The summed E-state index contributed by atoms with van der Waals surface area (Å²) in [6, 6.07) is 6.76. The van der Waals surface area contributed by atoms with Gasteiger partial charge in [0.05, 0.1) is 5.92 Å². The van der Waals surface area contributed by atoms with E-state index in [1.165, 1.54) is 0 Å². The molecule has 0 spiro atoms. The normalized spacial score (nSPS) is 19.0. The number of benzene rings is 1. The standard InChI is InChI=1S/C21H26N2O4/c1-3-13-23(14-4-2)20(25)16-9-11-18(12-10-16)22-19(24)15-5-7-17(8-6-15)21(26)27/h3-4,9-12,15,17H,1-2,5-8,13-14H2,(H,22,24)(H,26,27). The molecule has 0 radical (unpaired) electrons. The number of rotatable bonds is 8. The molecule has 0 aromatic heterocycles.